The molecule has 1 aromatic heterocycles. The van der Waals surface area contributed by atoms with Gasteiger partial charge in [0.05, 0.1) is 20.7 Å². The Labute approximate surface area is 179 Å². The van der Waals surface area contributed by atoms with Gasteiger partial charge in [0.15, 0.2) is 5.13 Å². The first-order valence-corrected chi connectivity index (χ1v) is 12.1. The second-order valence-corrected chi connectivity index (χ2v) is 10.4. The maximum absolute atomic E-state index is 12.6. The van der Waals surface area contributed by atoms with Crippen molar-refractivity contribution in [3.05, 3.63) is 53.6 Å². The summed E-state index contributed by atoms with van der Waals surface area (Å²) in [6.07, 6.45) is 2.45. The van der Waals surface area contributed by atoms with E-state index in [1.807, 2.05) is 12.1 Å². The highest BCUT2D eigenvalue weighted by Gasteiger charge is 2.19. The van der Waals surface area contributed by atoms with E-state index in [0.717, 1.165) is 35.8 Å². The minimum absolute atomic E-state index is 0.00762. The molecule has 9 heteroatoms. The van der Waals surface area contributed by atoms with Crippen LogP contribution in [0.15, 0.2) is 47.4 Å². The van der Waals surface area contributed by atoms with Gasteiger partial charge in [-0.05, 0) is 73.8 Å². The fourth-order valence-electron chi connectivity index (χ4n) is 3.54. The molecule has 0 amide bonds. The zero-order valence-corrected chi connectivity index (χ0v) is 18.2. The lowest BCUT2D eigenvalue weighted by Crippen LogP contribution is -2.32. The van der Waals surface area contributed by atoms with E-state index in [1.165, 1.54) is 54.0 Å². The topological polar surface area (TPSA) is 99.6 Å². The highest BCUT2D eigenvalue weighted by atomic mass is 32.2. The molecule has 0 aliphatic carbocycles. The number of carboxylic acid groups (broad SMARTS) is 1. The average molecular weight is 446 g/mol. The number of anilines is 1. The third-order valence-corrected chi connectivity index (χ3v) is 7.79. The lowest BCUT2D eigenvalue weighted by molar-refractivity contribution is 0.0696. The zero-order valence-electron chi connectivity index (χ0n) is 16.5. The van der Waals surface area contributed by atoms with Gasteiger partial charge in [-0.25, -0.2) is 18.2 Å². The fraction of sp³-hybridized carbons (Fsp3) is 0.333. The first-order valence-electron chi connectivity index (χ1n) is 9.78. The zero-order chi connectivity index (χ0) is 21.3. The highest BCUT2D eigenvalue weighted by Crippen LogP contribution is 2.29. The quantitative estimate of drug-likeness (QED) is 0.594. The van der Waals surface area contributed by atoms with E-state index in [9.17, 15) is 13.2 Å². The van der Waals surface area contributed by atoms with Crippen molar-refractivity contribution < 1.29 is 18.3 Å². The molecule has 1 fully saturated rings. The minimum Gasteiger partial charge on any atom is -0.478 e. The number of sulfonamides is 1. The number of hydrogen-bond donors (Lipinski definition) is 2. The fourth-order valence-corrected chi connectivity index (χ4v) is 5.70. The summed E-state index contributed by atoms with van der Waals surface area (Å²) < 4.78 is 28.7. The second-order valence-electron chi connectivity index (χ2n) is 7.71. The molecular weight excluding hydrogens is 422 g/mol. The Balaban J connectivity index is 1.49. The number of hydrogen-bond acceptors (Lipinski definition) is 6. The maximum atomic E-state index is 12.6. The van der Waals surface area contributed by atoms with E-state index in [2.05, 4.69) is 27.6 Å². The van der Waals surface area contributed by atoms with Gasteiger partial charge < -0.3 is 5.11 Å². The van der Waals surface area contributed by atoms with Gasteiger partial charge in [0, 0.05) is 6.54 Å². The predicted molar refractivity (Wildman–Crippen MR) is 118 cm³/mol. The summed E-state index contributed by atoms with van der Waals surface area (Å²) >= 11 is 1.29. The number of benzene rings is 2. The molecule has 7 nitrogen and oxygen atoms in total. The molecule has 2 heterocycles. The highest BCUT2D eigenvalue weighted by molar-refractivity contribution is 7.93. The molecule has 30 heavy (non-hydrogen) atoms. The smallest absolute Gasteiger partial charge is 0.335 e. The van der Waals surface area contributed by atoms with Crippen molar-refractivity contribution in [1.29, 1.82) is 0 Å². The Hall–Kier alpha value is -2.49. The predicted octanol–water partition coefficient (Wildman–Crippen LogP) is 4.03. The lowest BCUT2D eigenvalue weighted by atomic mass is 9.99. The molecule has 0 spiro atoms. The summed E-state index contributed by atoms with van der Waals surface area (Å²) in [6, 6.07) is 11.1. The maximum Gasteiger partial charge on any atom is 0.335 e. The summed E-state index contributed by atoms with van der Waals surface area (Å²) in [5.74, 6) is -0.311. The Kier molecular flexibility index (Phi) is 5.77. The summed E-state index contributed by atoms with van der Waals surface area (Å²) in [5.41, 5.74) is 1.97. The Morgan fingerprint density at radius 1 is 1.20 bits per heavy atom. The van der Waals surface area contributed by atoms with E-state index >= 15 is 0 Å². The number of thiazole rings is 1. The van der Waals surface area contributed by atoms with Crippen LogP contribution in [0.5, 0.6) is 0 Å². The van der Waals surface area contributed by atoms with Gasteiger partial charge in [-0.3, -0.25) is 9.62 Å². The van der Waals surface area contributed by atoms with Crippen molar-refractivity contribution in [2.24, 2.45) is 5.92 Å². The molecule has 0 unspecified atom stereocenters. The number of aromatic carboxylic acids is 1. The van der Waals surface area contributed by atoms with Gasteiger partial charge in [0.1, 0.15) is 0 Å². The van der Waals surface area contributed by atoms with Crippen LogP contribution in [0.3, 0.4) is 0 Å². The van der Waals surface area contributed by atoms with E-state index < -0.39 is 16.0 Å². The number of piperidine rings is 1. The molecular formula is C21H23N3O4S2. The van der Waals surface area contributed by atoms with Crippen LogP contribution < -0.4 is 4.72 Å². The number of carboxylic acids is 1. The number of rotatable bonds is 6. The summed E-state index contributed by atoms with van der Waals surface area (Å²) in [6.45, 7) is 5.39. The van der Waals surface area contributed by atoms with Gasteiger partial charge in [-0.15, -0.1) is 0 Å². The van der Waals surface area contributed by atoms with Crippen LogP contribution in [0.4, 0.5) is 5.13 Å². The van der Waals surface area contributed by atoms with Crippen LogP contribution in [0.1, 0.15) is 35.7 Å². The molecule has 4 rings (SSSR count). The molecule has 3 aromatic rings. The summed E-state index contributed by atoms with van der Waals surface area (Å²) in [4.78, 5) is 17.8. The summed E-state index contributed by atoms with van der Waals surface area (Å²) in [7, 11) is -3.84. The van der Waals surface area contributed by atoms with Crippen molar-refractivity contribution in [2.45, 2.75) is 31.2 Å². The Morgan fingerprint density at radius 2 is 1.90 bits per heavy atom. The van der Waals surface area contributed by atoms with Crippen LogP contribution in [0.25, 0.3) is 10.2 Å². The first kappa shape index (κ1) is 20.8. The molecule has 0 radical (unpaired) electrons. The molecule has 158 valence electrons. The van der Waals surface area contributed by atoms with Gasteiger partial charge in [-0.1, -0.05) is 24.3 Å². The standard InChI is InChI=1S/C21H23N3O4S2/c1-14-8-10-24(11-9-14)13-15-2-7-18-19(12-15)29-21(22-18)23-30(27,28)17-5-3-16(4-6-17)20(25)26/h2-7,12,14H,8-11,13H2,1H3,(H,22,23)(H,25,26). The molecule has 0 saturated carbocycles. The van der Waals surface area contributed by atoms with Crippen molar-refractivity contribution in [3.8, 4) is 0 Å². The van der Waals surface area contributed by atoms with Gasteiger partial charge in [-0.2, -0.15) is 0 Å². The minimum atomic E-state index is -3.84. The molecule has 1 saturated heterocycles. The average Bonchev–Trinajstić information content (AvgIpc) is 3.10. The van der Waals surface area contributed by atoms with Crippen LogP contribution in [0.2, 0.25) is 0 Å². The molecule has 2 aromatic carbocycles. The van der Waals surface area contributed by atoms with Crippen molar-refractivity contribution in [2.75, 3.05) is 17.8 Å². The number of likely N-dealkylation sites (tertiary alicyclic amines) is 1. The SMILES string of the molecule is CC1CCN(Cc2ccc3nc(NS(=O)(=O)c4ccc(C(=O)O)cc4)sc3c2)CC1. The van der Waals surface area contributed by atoms with E-state index in [-0.39, 0.29) is 15.6 Å². The second kappa shape index (κ2) is 8.33. The van der Waals surface area contributed by atoms with Gasteiger partial charge in [0.25, 0.3) is 10.0 Å². The monoisotopic (exact) mass is 445 g/mol. The third kappa shape index (κ3) is 4.63. The first-order chi connectivity index (χ1) is 14.3. The van der Waals surface area contributed by atoms with Crippen molar-refractivity contribution >= 4 is 42.7 Å². The number of nitrogens with zero attached hydrogens (tertiary/aromatic N) is 2. The molecule has 2 N–H and O–H groups in total. The number of aromatic nitrogens is 1. The van der Waals surface area contributed by atoms with E-state index in [4.69, 9.17) is 5.11 Å². The normalized spacial score (nSPS) is 16.0. The van der Waals surface area contributed by atoms with Gasteiger partial charge in [0.2, 0.25) is 0 Å². The molecule has 1 aliphatic rings. The molecule has 1 aliphatic heterocycles. The lowest BCUT2D eigenvalue weighted by Gasteiger charge is -2.30. The third-order valence-electron chi connectivity index (χ3n) is 5.37. The molecule has 0 bridgehead atoms. The number of nitrogens with one attached hydrogen (secondary N) is 1. The van der Waals surface area contributed by atoms with E-state index in [0.29, 0.717) is 0 Å². The number of carbonyl (C=O) groups is 1. The van der Waals surface area contributed by atoms with Crippen LogP contribution in [0, 0.1) is 5.92 Å². The van der Waals surface area contributed by atoms with Crippen molar-refractivity contribution in [3.63, 3.8) is 0 Å². The van der Waals surface area contributed by atoms with Crippen LogP contribution in [-0.2, 0) is 16.6 Å². The largest absolute Gasteiger partial charge is 0.478 e. The van der Waals surface area contributed by atoms with Crippen LogP contribution >= 0.6 is 11.3 Å². The van der Waals surface area contributed by atoms with Crippen LogP contribution in [-0.4, -0.2) is 42.5 Å². The van der Waals surface area contributed by atoms with Crippen molar-refractivity contribution in [1.82, 2.24) is 9.88 Å². The number of fused-ring (bicyclic) bond motifs is 1. The summed E-state index contributed by atoms with van der Waals surface area (Å²) in [5, 5.41) is 9.24. The van der Waals surface area contributed by atoms with E-state index in [1.54, 1.807) is 0 Å². The Morgan fingerprint density at radius 3 is 2.57 bits per heavy atom. The Bertz CT molecular complexity index is 1160. The molecule has 0 atom stereocenters. The van der Waals surface area contributed by atoms with Gasteiger partial charge >= 0.3 is 5.97 Å².